The average molecular weight is 374 g/mol. The lowest BCUT2D eigenvalue weighted by Gasteiger charge is -2.12. The summed E-state index contributed by atoms with van der Waals surface area (Å²) in [6.07, 6.45) is 2.20. The van der Waals surface area contributed by atoms with Crippen LogP contribution in [0, 0.1) is 0 Å². The second-order valence-electron chi connectivity index (χ2n) is 5.95. The van der Waals surface area contributed by atoms with Crippen molar-refractivity contribution in [2.24, 2.45) is 7.05 Å². The van der Waals surface area contributed by atoms with Gasteiger partial charge in [-0.2, -0.15) is 16.4 Å². The number of benzene rings is 1. The predicted molar refractivity (Wildman–Crippen MR) is 98.4 cm³/mol. The number of aryl methyl sites for hydroxylation is 1. The van der Waals surface area contributed by atoms with Crippen LogP contribution >= 0.6 is 22.9 Å². The molecule has 25 heavy (non-hydrogen) atoms. The van der Waals surface area contributed by atoms with E-state index >= 15 is 0 Å². The summed E-state index contributed by atoms with van der Waals surface area (Å²) < 4.78 is 7.49. The normalized spacial score (nSPS) is 15.7. The number of aromatic nitrogens is 2. The minimum absolute atomic E-state index is 0.123. The van der Waals surface area contributed by atoms with Gasteiger partial charge >= 0.3 is 0 Å². The Balaban J connectivity index is 1.45. The lowest BCUT2D eigenvalue weighted by Crippen LogP contribution is -2.35. The molecule has 128 valence electrons. The molecule has 1 amide bonds. The number of hydrogen-bond acceptors (Lipinski definition) is 4. The van der Waals surface area contributed by atoms with Crippen LogP contribution in [-0.2, 0) is 13.5 Å². The third kappa shape index (κ3) is 3.15. The van der Waals surface area contributed by atoms with Crippen LogP contribution in [0.3, 0.4) is 0 Å². The second-order valence-corrected chi connectivity index (χ2v) is 7.14. The Bertz CT molecular complexity index is 921. The fourth-order valence-electron chi connectivity index (χ4n) is 2.99. The molecule has 2 aromatic heterocycles. The predicted octanol–water partition coefficient (Wildman–Crippen LogP) is 3.54. The van der Waals surface area contributed by atoms with E-state index in [2.05, 4.69) is 27.9 Å². The first-order valence-electron chi connectivity index (χ1n) is 7.89. The highest BCUT2D eigenvalue weighted by molar-refractivity contribution is 7.08. The zero-order chi connectivity index (χ0) is 17.4. The summed E-state index contributed by atoms with van der Waals surface area (Å²) in [4.78, 5) is 12.2. The zero-order valence-electron chi connectivity index (χ0n) is 13.5. The first kappa shape index (κ1) is 16.2. The fraction of sp³-hybridized carbons (Fsp3) is 0.222. The molecule has 0 bridgehead atoms. The van der Waals surface area contributed by atoms with Gasteiger partial charge in [0.15, 0.2) is 0 Å². The molecular weight excluding hydrogens is 358 g/mol. The minimum atomic E-state index is -0.162. The van der Waals surface area contributed by atoms with Crippen LogP contribution < -0.4 is 10.1 Å². The molecule has 3 aromatic rings. The van der Waals surface area contributed by atoms with Crippen molar-refractivity contribution in [3.63, 3.8) is 0 Å². The van der Waals surface area contributed by atoms with Crippen molar-refractivity contribution >= 4 is 28.8 Å². The molecule has 0 aliphatic carbocycles. The van der Waals surface area contributed by atoms with Crippen LogP contribution in [0.25, 0.3) is 11.1 Å². The molecule has 3 heterocycles. The Hall–Kier alpha value is -2.31. The molecule has 0 unspecified atom stereocenters. The SMILES string of the molecule is Cn1nccc1C(=O)NC[C@H]1Cc2cc(-c3ccsc3)cc(Cl)c2O1. The van der Waals surface area contributed by atoms with Crippen LogP contribution in [0.5, 0.6) is 5.75 Å². The van der Waals surface area contributed by atoms with Gasteiger partial charge in [-0.3, -0.25) is 9.48 Å². The third-order valence-electron chi connectivity index (χ3n) is 4.25. The van der Waals surface area contributed by atoms with Crippen molar-refractivity contribution in [3.8, 4) is 16.9 Å². The first-order valence-corrected chi connectivity index (χ1v) is 9.22. The highest BCUT2D eigenvalue weighted by Gasteiger charge is 2.26. The van der Waals surface area contributed by atoms with Crippen molar-refractivity contribution in [3.05, 3.63) is 57.5 Å². The van der Waals surface area contributed by atoms with E-state index in [-0.39, 0.29) is 12.0 Å². The van der Waals surface area contributed by atoms with Gasteiger partial charge in [0.05, 0.1) is 11.6 Å². The largest absolute Gasteiger partial charge is 0.486 e. The summed E-state index contributed by atoms with van der Waals surface area (Å²) in [6, 6.07) is 7.80. The maximum Gasteiger partial charge on any atom is 0.269 e. The minimum Gasteiger partial charge on any atom is -0.486 e. The third-order valence-corrected chi connectivity index (χ3v) is 5.21. The van der Waals surface area contributed by atoms with E-state index < -0.39 is 0 Å². The van der Waals surface area contributed by atoms with Gasteiger partial charge in [-0.15, -0.1) is 0 Å². The Morgan fingerprint density at radius 2 is 2.32 bits per heavy atom. The molecule has 4 rings (SSSR count). The molecule has 5 nitrogen and oxygen atoms in total. The van der Waals surface area contributed by atoms with Crippen LogP contribution in [0.15, 0.2) is 41.2 Å². The Labute approximate surface area is 154 Å². The number of nitrogens with one attached hydrogen (secondary N) is 1. The van der Waals surface area contributed by atoms with Crippen LogP contribution in [0.1, 0.15) is 16.1 Å². The van der Waals surface area contributed by atoms with Gasteiger partial charge in [0.25, 0.3) is 5.91 Å². The van der Waals surface area contributed by atoms with E-state index in [1.807, 2.05) is 11.4 Å². The van der Waals surface area contributed by atoms with Crippen LogP contribution in [-0.4, -0.2) is 28.3 Å². The maximum atomic E-state index is 12.2. The summed E-state index contributed by atoms with van der Waals surface area (Å²) in [5.41, 5.74) is 3.85. The van der Waals surface area contributed by atoms with Crippen molar-refractivity contribution in [1.82, 2.24) is 15.1 Å². The van der Waals surface area contributed by atoms with E-state index in [1.54, 1.807) is 35.3 Å². The highest BCUT2D eigenvalue weighted by atomic mass is 35.5. The van der Waals surface area contributed by atoms with E-state index in [0.29, 0.717) is 17.3 Å². The molecule has 7 heteroatoms. The van der Waals surface area contributed by atoms with Gasteiger partial charge in [0.1, 0.15) is 17.5 Å². The number of thiophene rings is 1. The van der Waals surface area contributed by atoms with Crippen LogP contribution in [0.2, 0.25) is 5.02 Å². The van der Waals surface area contributed by atoms with Crippen molar-refractivity contribution in [1.29, 1.82) is 0 Å². The van der Waals surface area contributed by atoms with Crippen molar-refractivity contribution < 1.29 is 9.53 Å². The Morgan fingerprint density at radius 3 is 3.04 bits per heavy atom. The molecule has 0 fully saturated rings. The summed E-state index contributed by atoms with van der Waals surface area (Å²) in [6.45, 7) is 0.419. The van der Waals surface area contributed by atoms with Crippen LogP contribution in [0.4, 0.5) is 0 Å². The van der Waals surface area contributed by atoms with Gasteiger partial charge in [-0.05, 0) is 46.2 Å². The highest BCUT2D eigenvalue weighted by Crippen LogP contribution is 2.39. The molecular formula is C18H16ClN3O2S. The molecule has 0 saturated heterocycles. The number of hydrogen-bond donors (Lipinski definition) is 1. The molecule has 1 aliphatic heterocycles. The molecule has 0 spiro atoms. The lowest BCUT2D eigenvalue weighted by atomic mass is 10.0. The van der Waals surface area contributed by atoms with Gasteiger partial charge < -0.3 is 10.1 Å². The standard InChI is InChI=1S/C18H16ClN3O2S/c1-22-16(2-4-21-22)18(23)20-9-14-7-13-6-12(11-3-5-25-10-11)8-15(19)17(13)24-14/h2-6,8,10,14H,7,9H2,1H3,(H,20,23)/t14-/m1/s1. The van der Waals surface area contributed by atoms with E-state index in [0.717, 1.165) is 28.9 Å². The molecule has 0 radical (unpaired) electrons. The second kappa shape index (κ2) is 6.54. The number of nitrogens with zero attached hydrogens (tertiary/aromatic N) is 2. The smallest absolute Gasteiger partial charge is 0.269 e. The monoisotopic (exact) mass is 373 g/mol. The fourth-order valence-corrected chi connectivity index (χ4v) is 3.94. The zero-order valence-corrected chi connectivity index (χ0v) is 15.1. The molecule has 1 atom stereocenters. The summed E-state index contributed by atoms with van der Waals surface area (Å²) in [7, 11) is 1.74. The van der Waals surface area contributed by atoms with E-state index in [1.165, 1.54) is 0 Å². The number of amides is 1. The van der Waals surface area contributed by atoms with Gasteiger partial charge in [-0.25, -0.2) is 0 Å². The number of fused-ring (bicyclic) bond motifs is 1. The number of rotatable bonds is 4. The van der Waals surface area contributed by atoms with Gasteiger partial charge in [-0.1, -0.05) is 11.6 Å². The van der Waals surface area contributed by atoms with E-state index in [4.69, 9.17) is 16.3 Å². The Kier molecular flexibility index (Phi) is 4.23. The van der Waals surface area contributed by atoms with E-state index in [9.17, 15) is 4.79 Å². The van der Waals surface area contributed by atoms with Gasteiger partial charge in [0.2, 0.25) is 0 Å². The van der Waals surface area contributed by atoms with Gasteiger partial charge in [0, 0.05) is 25.2 Å². The quantitative estimate of drug-likeness (QED) is 0.761. The summed E-state index contributed by atoms with van der Waals surface area (Å²) in [5, 5.41) is 11.7. The molecule has 0 saturated carbocycles. The molecule has 1 aromatic carbocycles. The topological polar surface area (TPSA) is 56.2 Å². The first-order chi connectivity index (χ1) is 12.1. The Morgan fingerprint density at radius 1 is 1.44 bits per heavy atom. The number of carbonyl (C=O) groups is 1. The lowest BCUT2D eigenvalue weighted by molar-refractivity contribution is 0.0924. The van der Waals surface area contributed by atoms with Crippen molar-refractivity contribution in [2.45, 2.75) is 12.5 Å². The maximum absolute atomic E-state index is 12.2. The number of ether oxygens (including phenoxy) is 1. The number of carbonyl (C=O) groups excluding carboxylic acids is 1. The van der Waals surface area contributed by atoms with Crippen molar-refractivity contribution in [2.75, 3.05) is 6.54 Å². The number of halogens is 1. The summed E-state index contributed by atoms with van der Waals surface area (Å²) in [5.74, 6) is 0.560. The summed E-state index contributed by atoms with van der Waals surface area (Å²) >= 11 is 8.06. The molecule has 1 aliphatic rings. The average Bonchev–Trinajstić information content (AvgIpc) is 3.32. The molecule has 1 N–H and O–H groups in total.